The van der Waals surface area contributed by atoms with E-state index in [0.717, 1.165) is 39.3 Å². The zero-order valence-corrected chi connectivity index (χ0v) is 16.2. The number of Topliss-reactive ketones (excluding diaryl/α,β-unsaturated/α-hetero) is 1. The molecule has 1 atom stereocenters. The van der Waals surface area contributed by atoms with Gasteiger partial charge in [-0.2, -0.15) is 0 Å². The number of aromatic hydroxyl groups is 1. The number of ketones is 1. The summed E-state index contributed by atoms with van der Waals surface area (Å²) in [7, 11) is 1.43. The molecule has 8 heteroatoms. The highest BCUT2D eigenvalue weighted by Gasteiger charge is 2.42. The number of benzene rings is 1. The lowest BCUT2D eigenvalue weighted by Crippen LogP contribution is -3.14. The molecule has 0 aromatic heterocycles. The molecule has 2 heterocycles. The molecule has 28 heavy (non-hydrogen) atoms. The van der Waals surface area contributed by atoms with E-state index in [4.69, 9.17) is 9.47 Å². The number of ether oxygens (including phenoxy) is 2. The van der Waals surface area contributed by atoms with Crippen molar-refractivity contribution < 1.29 is 34.2 Å². The van der Waals surface area contributed by atoms with Crippen molar-refractivity contribution in [2.45, 2.75) is 19.4 Å². The lowest BCUT2D eigenvalue weighted by molar-refractivity contribution is -0.908. The van der Waals surface area contributed by atoms with Crippen LogP contribution >= 0.6 is 0 Å². The summed E-state index contributed by atoms with van der Waals surface area (Å²) in [5.41, 5.74) is 0.687. The third kappa shape index (κ3) is 3.98. The number of nitrogens with one attached hydrogen (secondary N) is 1. The Morgan fingerprint density at radius 3 is 2.68 bits per heavy atom. The maximum atomic E-state index is 12.7. The first kappa shape index (κ1) is 20.2. The van der Waals surface area contributed by atoms with Gasteiger partial charge in [0.15, 0.2) is 23.0 Å². The summed E-state index contributed by atoms with van der Waals surface area (Å²) in [4.78, 5) is 27.8. The van der Waals surface area contributed by atoms with Gasteiger partial charge in [-0.05, 0) is 24.6 Å². The zero-order chi connectivity index (χ0) is 20.3. The van der Waals surface area contributed by atoms with Crippen molar-refractivity contribution >= 4 is 11.7 Å². The maximum absolute atomic E-state index is 12.7. The van der Waals surface area contributed by atoms with Crippen LogP contribution in [0.25, 0.3) is 0 Å². The lowest BCUT2D eigenvalue weighted by Gasteiger charge is -2.28. The highest BCUT2D eigenvalue weighted by atomic mass is 16.5. The number of hydrogen-bond donors (Lipinski definition) is 3. The SMILES string of the molecule is COc1cc([C@@H]2C(C(C)=O)=C(O)C(=O)N2CCC[NH+]2CCOCC2)ccc1O. The third-order valence-corrected chi connectivity index (χ3v) is 5.33. The van der Waals surface area contributed by atoms with Gasteiger partial charge in [-0.25, -0.2) is 0 Å². The van der Waals surface area contributed by atoms with Crippen LogP contribution in [0.4, 0.5) is 0 Å². The highest BCUT2D eigenvalue weighted by Crippen LogP contribution is 2.40. The predicted molar refractivity (Wildman–Crippen MR) is 100 cm³/mol. The molecule has 0 spiro atoms. The fourth-order valence-electron chi connectivity index (χ4n) is 3.86. The number of phenols is 1. The Hall–Kier alpha value is -2.58. The van der Waals surface area contributed by atoms with Gasteiger partial charge in [0.2, 0.25) is 0 Å². The molecule has 0 saturated carbocycles. The number of rotatable bonds is 7. The van der Waals surface area contributed by atoms with E-state index in [1.165, 1.54) is 29.9 Å². The number of methoxy groups -OCH3 is 1. The average molecular weight is 391 g/mol. The van der Waals surface area contributed by atoms with Crippen molar-refractivity contribution in [2.75, 3.05) is 46.5 Å². The van der Waals surface area contributed by atoms with Crippen molar-refractivity contribution in [3.8, 4) is 11.5 Å². The van der Waals surface area contributed by atoms with Crippen molar-refractivity contribution in [1.29, 1.82) is 0 Å². The minimum absolute atomic E-state index is 0.0318. The van der Waals surface area contributed by atoms with E-state index in [-0.39, 0.29) is 22.9 Å². The summed E-state index contributed by atoms with van der Waals surface area (Å²) in [5, 5.41) is 20.2. The first-order chi connectivity index (χ1) is 13.4. The van der Waals surface area contributed by atoms with E-state index in [9.17, 15) is 19.8 Å². The largest absolute Gasteiger partial charge is 0.504 e. The highest BCUT2D eigenvalue weighted by molar-refractivity contribution is 6.08. The van der Waals surface area contributed by atoms with Gasteiger partial charge in [-0.1, -0.05) is 6.07 Å². The summed E-state index contributed by atoms with van der Waals surface area (Å²) in [6.07, 6.45) is 0.741. The van der Waals surface area contributed by atoms with E-state index in [2.05, 4.69) is 0 Å². The van der Waals surface area contributed by atoms with Crippen LogP contribution < -0.4 is 9.64 Å². The summed E-state index contributed by atoms with van der Waals surface area (Å²) in [5.74, 6) is -1.18. The molecule has 0 radical (unpaired) electrons. The van der Waals surface area contributed by atoms with Crippen LogP contribution in [0.5, 0.6) is 11.5 Å². The number of aliphatic hydroxyl groups is 1. The van der Waals surface area contributed by atoms with Gasteiger partial charge in [0.25, 0.3) is 5.91 Å². The number of aliphatic hydroxyl groups excluding tert-OH is 1. The fourth-order valence-corrected chi connectivity index (χ4v) is 3.86. The summed E-state index contributed by atoms with van der Waals surface area (Å²) in [6, 6.07) is 3.99. The minimum Gasteiger partial charge on any atom is -0.504 e. The maximum Gasteiger partial charge on any atom is 0.290 e. The topological polar surface area (TPSA) is 101 Å². The molecular weight excluding hydrogens is 364 g/mol. The Kier molecular flexibility index (Phi) is 6.21. The van der Waals surface area contributed by atoms with Crippen LogP contribution in [0.1, 0.15) is 24.9 Å². The Balaban J connectivity index is 1.83. The molecule has 0 bridgehead atoms. The van der Waals surface area contributed by atoms with Gasteiger partial charge in [0, 0.05) is 13.0 Å². The van der Waals surface area contributed by atoms with Crippen molar-refractivity contribution in [1.82, 2.24) is 4.90 Å². The first-order valence-electron chi connectivity index (χ1n) is 9.47. The molecule has 152 valence electrons. The van der Waals surface area contributed by atoms with Crippen molar-refractivity contribution in [2.24, 2.45) is 0 Å². The molecule has 3 N–H and O–H groups in total. The number of morpholine rings is 1. The monoisotopic (exact) mass is 391 g/mol. The Morgan fingerprint density at radius 2 is 2.04 bits per heavy atom. The number of quaternary nitrogens is 1. The second-order valence-electron chi connectivity index (χ2n) is 7.12. The molecule has 1 amide bonds. The van der Waals surface area contributed by atoms with Crippen LogP contribution in [-0.4, -0.2) is 73.3 Å². The van der Waals surface area contributed by atoms with E-state index in [0.29, 0.717) is 12.1 Å². The molecule has 8 nitrogen and oxygen atoms in total. The van der Waals surface area contributed by atoms with Crippen LogP contribution in [0.15, 0.2) is 29.5 Å². The van der Waals surface area contributed by atoms with Gasteiger partial charge in [0.05, 0.1) is 38.5 Å². The molecule has 0 unspecified atom stereocenters. The minimum atomic E-state index is -0.695. The van der Waals surface area contributed by atoms with Gasteiger partial charge in [-0.15, -0.1) is 0 Å². The van der Waals surface area contributed by atoms with Crippen molar-refractivity contribution in [3.63, 3.8) is 0 Å². The Bertz CT molecular complexity index is 785. The van der Waals surface area contributed by atoms with Gasteiger partial charge < -0.3 is 29.5 Å². The zero-order valence-electron chi connectivity index (χ0n) is 16.2. The quantitative estimate of drug-likeness (QED) is 0.605. The number of carbonyl (C=O) groups is 2. The van der Waals surface area contributed by atoms with Crippen LogP contribution in [-0.2, 0) is 14.3 Å². The fraction of sp³-hybridized carbons (Fsp3) is 0.500. The lowest BCUT2D eigenvalue weighted by atomic mass is 9.96. The van der Waals surface area contributed by atoms with Crippen LogP contribution in [0.2, 0.25) is 0 Å². The molecule has 1 saturated heterocycles. The molecular formula is C20H27N2O6+. The summed E-state index contributed by atoms with van der Waals surface area (Å²) in [6.45, 7) is 6.00. The second kappa shape index (κ2) is 8.62. The normalized spacial score (nSPS) is 20.7. The number of carbonyl (C=O) groups excluding carboxylic acids is 2. The van der Waals surface area contributed by atoms with E-state index >= 15 is 0 Å². The average Bonchev–Trinajstić information content (AvgIpc) is 2.94. The van der Waals surface area contributed by atoms with Gasteiger partial charge in [0.1, 0.15) is 13.1 Å². The van der Waals surface area contributed by atoms with Crippen molar-refractivity contribution in [3.05, 3.63) is 35.1 Å². The molecule has 1 aromatic rings. The molecule has 1 fully saturated rings. The molecule has 0 aliphatic carbocycles. The third-order valence-electron chi connectivity index (χ3n) is 5.33. The Morgan fingerprint density at radius 1 is 1.32 bits per heavy atom. The molecule has 2 aliphatic rings. The van der Waals surface area contributed by atoms with Crippen LogP contribution in [0.3, 0.4) is 0 Å². The van der Waals surface area contributed by atoms with Gasteiger partial charge >= 0.3 is 0 Å². The van der Waals surface area contributed by atoms with E-state index in [1.807, 2.05) is 0 Å². The number of nitrogens with zero attached hydrogens (tertiary/aromatic N) is 1. The molecule has 1 aromatic carbocycles. The van der Waals surface area contributed by atoms with E-state index in [1.54, 1.807) is 12.1 Å². The summed E-state index contributed by atoms with van der Waals surface area (Å²) < 4.78 is 10.5. The van der Waals surface area contributed by atoms with Crippen LogP contribution in [0, 0.1) is 0 Å². The standard InChI is InChI=1S/C20H26N2O6/c1-13(23)17-18(14-4-5-15(24)16(12-14)27-2)22(20(26)19(17)25)7-3-6-21-8-10-28-11-9-21/h4-5,12,18,24-25H,3,6-11H2,1-2H3/p+1/t18-/m1/s1. The van der Waals surface area contributed by atoms with E-state index < -0.39 is 17.7 Å². The first-order valence-corrected chi connectivity index (χ1v) is 9.47. The number of phenolic OH excluding ortho intramolecular Hbond substituents is 1. The summed E-state index contributed by atoms with van der Waals surface area (Å²) >= 11 is 0. The predicted octanol–water partition coefficient (Wildman–Crippen LogP) is -0.00960. The second-order valence-corrected chi connectivity index (χ2v) is 7.12. The van der Waals surface area contributed by atoms with Gasteiger partial charge in [-0.3, -0.25) is 9.59 Å². The smallest absolute Gasteiger partial charge is 0.290 e. The molecule has 3 rings (SSSR count). The molecule has 2 aliphatic heterocycles. The number of hydrogen-bond acceptors (Lipinski definition) is 6. The Labute approximate surface area is 163 Å². The number of amides is 1.